The van der Waals surface area contributed by atoms with E-state index >= 15 is 0 Å². The number of likely N-dealkylation sites (tertiary alicyclic amines) is 2. The van der Waals surface area contributed by atoms with E-state index in [1.54, 1.807) is 24.3 Å². The Morgan fingerprint density at radius 3 is 2.19 bits per heavy atom. The summed E-state index contributed by atoms with van der Waals surface area (Å²) in [5.41, 5.74) is 0.887. The predicted octanol–water partition coefficient (Wildman–Crippen LogP) is 2.68. The topological polar surface area (TPSA) is 72.9 Å². The van der Waals surface area contributed by atoms with Gasteiger partial charge in [-0.2, -0.15) is 0 Å². The number of aromatic hydroxyl groups is 1. The number of rotatable bonds is 3. The molecular formula is C20H29N3O3. The van der Waals surface area contributed by atoms with E-state index in [0.29, 0.717) is 13.1 Å². The second-order valence-corrected chi connectivity index (χ2v) is 7.41. The van der Waals surface area contributed by atoms with Crippen molar-refractivity contribution in [1.29, 1.82) is 0 Å². The minimum Gasteiger partial charge on any atom is -0.508 e. The van der Waals surface area contributed by atoms with Gasteiger partial charge < -0.3 is 20.2 Å². The van der Waals surface area contributed by atoms with Gasteiger partial charge in [-0.1, -0.05) is 12.1 Å². The summed E-state index contributed by atoms with van der Waals surface area (Å²) in [5, 5.41) is 12.5. The number of nitrogens with one attached hydrogen (secondary N) is 1. The number of amides is 3. The number of hydrogen-bond donors (Lipinski definition) is 2. The lowest BCUT2D eigenvalue weighted by molar-refractivity contribution is -0.123. The first-order valence-corrected chi connectivity index (χ1v) is 9.68. The normalized spacial score (nSPS) is 19.9. The van der Waals surface area contributed by atoms with Crippen LogP contribution in [0.15, 0.2) is 24.3 Å². The third-order valence-electron chi connectivity index (χ3n) is 5.52. The number of hydrogen-bond acceptors (Lipinski definition) is 3. The Morgan fingerprint density at radius 2 is 1.58 bits per heavy atom. The Labute approximate surface area is 155 Å². The van der Waals surface area contributed by atoms with Crippen LogP contribution in [0.3, 0.4) is 0 Å². The van der Waals surface area contributed by atoms with Crippen molar-refractivity contribution in [3.05, 3.63) is 29.8 Å². The van der Waals surface area contributed by atoms with E-state index in [2.05, 4.69) is 5.32 Å². The molecule has 3 amide bonds. The molecule has 1 atom stereocenters. The van der Waals surface area contributed by atoms with Crippen LogP contribution in [0.2, 0.25) is 0 Å². The predicted molar refractivity (Wildman–Crippen MR) is 100 cm³/mol. The molecule has 6 heteroatoms. The standard InChI is InChI=1S/C20H29N3O3/c1-15(16-5-7-18(24)8-6-16)19(25)21-17-9-13-23(14-10-17)20(26)22-11-3-2-4-12-22/h5-8,15,17,24H,2-4,9-14H2,1H3,(H,21,25). The first-order valence-electron chi connectivity index (χ1n) is 9.68. The molecule has 2 heterocycles. The number of phenols is 1. The van der Waals surface area contributed by atoms with Crippen LogP contribution in [0.5, 0.6) is 5.75 Å². The van der Waals surface area contributed by atoms with Crippen molar-refractivity contribution in [2.24, 2.45) is 0 Å². The summed E-state index contributed by atoms with van der Waals surface area (Å²) in [7, 11) is 0. The minimum atomic E-state index is -0.261. The molecule has 0 spiro atoms. The lowest BCUT2D eigenvalue weighted by atomic mass is 9.98. The monoisotopic (exact) mass is 359 g/mol. The molecular weight excluding hydrogens is 330 g/mol. The van der Waals surface area contributed by atoms with Gasteiger partial charge in [-0.05, 0) is 56.7 Å². The van der Waals surface area contributed by atoms with Crippen LogP contribution >= 0.6 is 0 Å². The number of benzene rings is 1. The maximum absolute atomic E-state index is 12.5. The van der Waals surface area contributed by atoms with Gasteiger partial charge in [0.05, 0.1) is 5.92 Å². The molecule has 0 aromatic heterocycles. The van der Waals surface area contributed by atoms with E-state index in [9.17, 15) is 14.7 Å². The van der Waals surface area contributed by atoms with Gasteiger partial charge in [0.15, 0.2) is 0 Å². The Kier molecular flexibility index (Phi) is 6.01. The largest absolute Gasteiger partial charge is 0.508 e. The van der Waals surface area contributed by atoms with E-state index in [1.165, 1.54) is 6.42 Å². The third-order valence-corrected chi connectivity index (χ3v) is 5.52. The van der Waals surface area contributed by atoms with Crippen molar-refractivity contribution in [3.8, 4) is 5.75 Å². The highest BCUT2D eigenvalue weighted by molar-refractivity contribution is 5.83. The van der Waals surface area contributed by atoms with Gasteiger partial charge in [0.2, 0.25) is 5.91 Å². The van der Waals surface area contributed by atoms with Crippen molar-refractivity contribution >= 4 is 11.9 Å². The lowest BCUT2D eigenvalue weighted by Crippen LogP contribution is -2.51. The summed E-state index contributed by atoms with van der Waals surface area (Å²) < 4.78 is 0. The van der Waals surface area contributed by atoms with Crippen LogP contribution in [0.1, 0.15) is 50.5 Å². The molecule has 2 aliphatic heterocycles. The first kappa shape index (κ1) is 18.5. The average Bonchev–Trinajstić information content (AvgIpc) is 2.68. The fourth-order valence-electron chi connectivity index (χ4n) is 3.74. The fourth-order valence-corrected chi connectivity index (χ4v) is 3.74. The quantitative estimate of drug-likeness (QED) is 0.871. The zero-order valence-electron chi connectivity index (χ0n) is 15.5. The molecule has 0 aliphatic carbocycles. The van der Waals surface area contributed by atoms with Gasteiger partial charge in [0, 0.05) is 32.2 Å². The van der Waals surface area contributed by atoms with Crippen LogP contribution < -0.4 is 5.32 Å². The van der Waals surface area contributed by atoms with Crippen molar-refractivity contribution in [2.45, 2.75) is 51.0 Å². The number of carbonyl (C=O) groups is 2. The molecule has 1 unspecified atom stereocenters. The van der Waals surface area contributed by atoms with E-state index in [4.69, 9.17) is 0 Å². The van der Waals surface area contributed by atoms with Gasteiger partial charge in [0.1, 0.15) is 5.75 Å². The molecule has 26 heavy (non-hydrogen) atoms. The molecule has 2 fully saturated rings. The van der Waals surface area contributed by atoms with Crippen molar-refractivity contribution in [3.63, 3.8) is 0 Å². The Balaban J connectivity index is 1.46. The molecule has 0 radical (unpaired) electrons. The minimum absolute atomic E-state index is 0.00324. The van der Waals surface area contributed by atoms with Crippen molar-refractivity contribution in [1.82, 2.24) is 15.1 Å². The van der Waals surface area contributed by atoms with E-state index in [-0.39, 0.29) is 29.6 Å². The summed E-state index contributed by atoms with van der Waals surface area (Å²) in [4.78, 5) is 28.9. The van der Waals surface area contributed by atoms with Crippen molar-refractivity contribution in [2.75, 3.05) is 26.2 Å². The van der Waals surface area contributed by atoms with Gasteiger partial charge in [-0.3, -0.25) is 4.79 Å². The fraction of sp³-hybridized carbons (Fsp3) is 0.600. The summed E-state index contributed by atoms with van der Waals surface area (Å²) in [6, 6.07) is 7.03. The molecule has 3 rings (SSSR count). The van der Waals surface area contributed by atoms with Crippen LogP contribution in [0.25, 0.3) is 0 Å². The molecule has 1 aromatic rings. The SMILES string of the molecule is CC(C(=O)NC1CCN(C(=O)N2CCCCC2)CC1)c1ccc(O)cc1. The smallest absolute Gasteiger partial charge is 0.319 e. The molecule has 0 bridgehead atoms. The molecule has 0 saturated carbocycles. The Hall–Kier alpha value is -2.24. The summed E-state index contributed by atoms with van der Waals surface area (Å²) >= 11 is 0. The summed E-state index contributed by atoms with van der Waals surface area (Å²) in [5.74, 6) is -0.0628. The van der Waals surface area contributed by atoms with Gasteiger partial charge >= 0.3 is 6.03 Å². The van der Waals surface area contributed by atoms with Gasteiger partial charge in [0.25, 0.3) is 0 Å². The number of urea groups is 1. The maximum Gasteiger partial charge on any atom is 0.319 e. The molecule has 2 N–H and O–H groups in total. The first-order chi connectivity index (χ1) is 12.5. The van der Waals surface area contributed by atoms with Crippen LogP contribution in [0, 0.1) is 0 Å². The second-order valence-electron chi connectivity index (χ2n) is 7.41. The van der Waals surface area contributed by atoms with Crippen molar-refractivity contribution < 1.29 is 14.7 Å². The maximum atomic E-state index is 12.5. The van der Waals surface area contributed by atoms with Gasteiger partial charge in [-0.25, -0.2) is 4.79 Å². The van der Waals surface area contributed by atoms with Gasteiger partial charge in [-0.15, -0.1) is 0 Å². The molecule has 1 aromatic carbocycles. The summed E-state index contributed by atoms with van der Waals surface area (Å²) in [6.07, 6.45) is 5.03. The highest BCUT2D eigenvalue weighted by Gasteiger charge is 2.28. The highest BCUT2D eigenvalue weighted by Crippen LogP contribution is 2.20. The zero-order valence-corrected chi connectivity index (χ0v) is 15.5. The van der Waals surface area contributed by atoms with E-state index in [1.807, 2.05) is 16.7 Å². The van der Waals surface area contributed by atoms with Crippen LogP contribution in [-0.2, 0) is 4.79 Å². The van der Waals surface area contributed by atoms with E-state index in [0.717, 1.165) is 44.3 Å². The van der Waals surface area contributed by atoms with E-state index < -0.39 is 0 Å². The number of phenolic OH excluding ortho intramolecular Hbond substituents is 1. The summed E-state index contributed by atoms with van der Waals surface area (Å²) in [6.45, 7) is 5.03. The molecule has 142 valence electrons. The molecule has 6 nitrogen and oxygen atoms in total. The number of nitrogens with zero attached hydrogens (tertiary/aromatic N) is 2. The molecule has 2 aliphatic rings. The van der Waals surface area contributed by atoms with Crippen LogP contribution in [0.4, 0.5) is 4.79 Å². The number of piperidine rings is 2. The second kappa shape index (κ2) is 8.43. The van der Waals surface area contributed by atoms with Crippen LogP contribution in [-0.4, -0.2) is 59.1 Å². The number of carbonyl (C=O) groups excluding carboxylic acids is 2. The average molecular weight is 359 g/mol. The molecule has 2 saturated heterocycles. The zero-order chi connectivity index (χ0) is 18.5. The Bertz CT molecular complexity index is 618. The third kappa shape index (κ3) is 4.48. The Morgan fingerprint density at radius 1 is 1.00 bits per heavy atom. The highest BCUT2D eigenvalue weighted by atomic mass is 16.3. The lowest BCUT2D eigenvalue weighted by Gasteiger charge is -2.37.